The second-order valence-electron chi connectivity index (χ2n) is 4.95. The van der Waals surface area contributed by atoms with E-state index in [4.69, 9.17) is 0 Å². The molecule has 0 saturated carbocycles. The van der Waals surface area contributed by atoms with Gasteiger partial charge in [0, 0.05) is 50.9 Å². The molecule has 140 valence electrons. The lowest BCUT2D eigenvalue weighted by Gasteiger charge is -2.11. The zero-order valence-corrected chi connectivity index (χ0v) is 16.7. The summed E-state index contributed by atoms with van der Waals surface area (Å²) in [6.07, 6.45) is 2.33. The van der Waals surface area contributed by atoms with Crippen molar-refractivity contribution in [1.82, 2.24) is 25.2 Å². The first-order valence-corrected chi connectivity index (χ1v) is 8.29. The predicted octanol–water partition coefficient (Wildman–Crippen LogP) is 2.77. The molecule has 0 aliphatic heterocycles. The smallest absolute Gasteiger partial charge is 0.356 e. The zero-order chi connectivity index (χ0) is 17.4. The molecule has 0 fully saturated rings. The van der Waals surface area contributed by atoms with Gasteiger partial charge in [-0.05, 0) is 6.42 Å². The number of hydrogen-bond acceptors (Lipinski definition) is 4. The molecule has 2 heterocycles. The molecule has 0 atom stereocenters. The van der Waals surface area contributed by atoms with E-state index in [1.807, 2.05) is 10.8 Å². The third-order valence-corrected chi connectivity index (χ3v) is 4.05. The minimum atomic E-state index is -4.38. The molecule has 25 heavy (non-hydrogen) atoms. The van der Waals surface area contributed by atoms with Gasteiger partial charge in [-0.15, -0.1) is 35.3 Å². The van der Waals surface area contributed by atoms with Gasteiger partial charge in [0.2, 0.25) is 0 Å². The number of nitrogens with one attached hydrogen (secondary N) is 2. The number of aliphatic imine (C=N–C) groups is 1. The highest BCUT2D eigenvalue weighted by molar-refractivity contribution is 14.0. The van der Waals surface area contributed by atoms with Crippen LogP contribution in [0.15, 0.2) is 29.1 Å². The van der Waals surface area contributed by atoms with Crippen molar-refractivity contribution >= 4 is 41.3 Å². The Morgan fingerprint density at radius 2 is 2.08 bits per heavy atom. The Morgan fingerprint density at radius 3 is 2.68 bits per heavy atom. The second kappa shape index (κ2) is 10.6. The highest BCUT2D eigenvalue weighted by Gasteiger charge is 2.33. The molecule has 2 rings (SSSR count). The molecule has 0 amide bonds. The van der Waals surface area contributed by atoms with E-state index in [1.54, 1.807) is 19.6 Å². The van der Waals surface area contributed by atoms with Crippen LogP contribution in [0, 0.1) is 0 Å². The fraction of sp³-hybridized carbons (Fsp3) is 0.500. The highest BCUT2D eigenvalue weighted by atomic mass is 127. The molecule has 0 aliphatic rings. The van der Waals surface area contributed by atoms with Crippen LogP contribution in [-0.2, 0) is 19.1 Å². The predicted molar refractivity (Wildman–Crippen MR) is 102 cm³/mol. The molecule has 6 nitrogen and oxygen atoms in total. The maximum Gasteiger partial charge on any atom is 0.434 e. The number of hydrogen-bond donors (Lipinski definition) is 2. The first-order valence-electron chi connectivity index (χ1n) is 7.41. The fourth-order valence-electron chi connectivity index (χ4n) is 1.95. The van der Waals surface area contributed by atoms with Crippen molar-refractivity contribution in [3.8, 4) is 0 Å². The minimum absolute atomic E-state index is 0. The molecule has 0 aliphatic carbocycles. The summed E-state index contributed by atoms with van der Waals surface area (Å²) in [6.45, 7) is 2.04. The van der Waals surface area contributed by atoms with Crippen LogP contribution in [0.1, 0.15) is 17.1 Å². The molecule has 2 aromatic rings. The third-order valence-electron chi connectivity index (χ3n) is 3.14. The van der Waals surface area contributed by atoms with Crippen LogP contribution in [0.25, 0.3) is 0 Å². The average molecular weight is 488 g/mol. The number of guanidine groups is 1. The standard InChI is InChI=1S/C14H19F3N6S.HI/c1-18-13(20-4-2-7-23-8-6-19-10-23)21-5-3-12-22-11(9-24-12)14(15,16)17;/h6,8-10H,2-5,7H2,1H3,(H2,18,20,21);1H. The van der Waals surface area contributed by atoms with Crippen molar-refractivity contribution < 1.29 is 13.2 Å². The quantitative estimate of drug-likeness (QED) is 0.272. The third kappa shape index (κ3) is 7.59. The molecule has 0 spiro atoms. The van der Waals surface area contributed by atoms with Crippen molar-refractivity contribution in [3.63, 3.8) is 0 Å². The Hall–Kier alpha value is -1.37. The molecule has 2 N–H and O–H groups in total. The molecule has 0 aromatic carbocycles. The van der Waals surface area contributed by atoms with Gasteiger partial charge in [0.1, 0.15) is 0 Å². The number of aryl methyl sites for hydroxylation is 1. The SMILES string of the molecule is CN=C(NCCCn1ccnc1)NCCc1nc(C(F)(F)F)cs1.I. The second-order valence-corrected chi connectivity index (χ2v) is 5.90. The Morgan fingerprint density at radius 1 is 1.32 bits per heavy atom. The molecule has 11 heteroatoms. The molecule has 0 unspecified atom stereocenters. The van der Waals surface area contributed by atoms with Crippen LogP contribution >= 0.6 is 35.3 Å². The van der Waals surface area contributed by atoms with E-state index in [0.29, 0.717) is 23.9 Å². The number of halogens is 4. The van der Waals surface area contributed by atoms with E-state index in [1.165, 1.54) is 0 Å². The number of nitrogens with zero attached hydrogens (tertiary/aromatic N) is 4. The number of aromatic nitrogens is 3. The summed E-state index contributed by atoms with van der Waals surface area (Å²) >= 11 is 1.02. The molecule has 2 aromatic heterocycles. The van der Waals surface area contributed by atoms with Crippen molar-refractivity contribution in [1.29, 1.82) is 0 Å². The van der Waals surface area contributed by atoms with Gasteiger partial charge in [0.15, 0.2) is 11.7 Å². The van der Waals surface area contributed by atoms with Gasteiger partial charge in [-0.3, -0.25) is 4.99 Å². The Bertz CT molecular complexity index is 641. The summed E-state index contributed by atoms with van der Waals surface area (Å²) in [5.41, 5.74) is -0.829. The fourth-order valence-corrected chi connectivity index (χ4v) is 2.76. The molecule has 0 bridgehead atoms. The molecule has 0 radical (unpaired) electrons. The zero-order valence-electron chi connectivity index (χ0n) is 13.6. The average Bonchev–Trinajstić information content (AvgIpc) is 3.20. The lowest BCUT2D eigenvalue weighted by molar-refractivity contribution is -0.140. The summed E-state index contributed by atoms with van der Waals surface area (Å²) < 4.78 is 39.4. The first kappa shape index (κ1) is 21.7. The largest absolute Gasteiger partial charge is 0.434 e. The van der Waals surface area contributed by atoms with Gasteiger partial charge >= 0.3 is 6.18 Å². The van der Waals surface area contributed by atoms with Crippen molar-refractivity contribution in [2.75, 3.05) is 20.1 Å². The van der Waals surface area contributed by atoms with E-state index in [0.717, 1.165) is 36.2 Å². The normalized spacial score (nSPS) is 11.9. The summed E-state index contributed by atoms with van der Waals surface area (Å²) in [5.74, 6) is 0.619. The van der Waals surface area contributed by atoms with Gasteiger partial charge < -0.3 is 15.2 Å². The number of thiazole rings is 1. The van der Waals surface area contributed by atoms with Crippen LogP contribution in [0.3, 0.4) is 0 Å². The van der Waals surface area contributed by atoms with Crippen LogP contribution in [0.4, 0.5) is 13.2 Å². The van der Waals surface area contributed by atoms with Gasteiger partial charge in [-0.2, -0.15) is 13.2 Å². The van der Waals surface area contributed by atoms with Gasteiger partial charge in [-0.1, -0.05) is 0 Å². The van der Waals surface area contributed by atoms with Gasteiger partial charge in [-0.25, -0.2) is 9.97 Å². The van der Waals surface area contributed by atoms with Crippen LogP contribution in [0.2, 0.25) is 0 Å². The van der Waals surface area contributed by atoms with Crippen LogP contribution in [-0.4, -0.2) is 40.6 Å². The van der Waals surface area contributed by atoms with E-state index >= 15 is 0 Å². The summed E-state index contributed by atoms with van der Waals surface area (Å²) in [7, 11) is 1.65. The van der Waals surface area contributed by atoms with E-state index in [-0.39, 0.29) is 24.0 Å². The lowest BCUT2D eigenvalue weighted by atomic mass is 10.4. The van der Waals surface area contributed by atoms with Crippen molar-refractivity contribution in [2.45, 2.75) is 25.6 Å². The van der Waals surface area contributed by atoms with Gasteiger partial charge in [0.05, 0.1) is 11.3 Å². The monoisotopic (exact) mass is 488 g/mol. The van der Waals surface area contributed by atoms with Crippen molar-refractivity contribution in [3.05, 3.63) is 34.8 Å². The molecule has 0 saturated heterocycles. The maximum atomic E-state index is 12.5. The van der Waals surface area contributed by atoms with E-state index in [9.17, 15) is 13.2 Å². The summed E-state index contributed by atoms with van der Waals surface area (Å²) in [5, 5.41) is 7.71. The lowest BCUT2D eigenvalue weighted by Crippen LogP contribution is -2.38. The maximum absolute atomic E-state index is 12.5. The van der Waals surface area contributed by atoms with Crippen LogP contribution in [0.5, 0.6) is 0 Å². The Labute approximate surface area is 165 Å². The topological polar surface area (TPSA) is 67.1 Å². The van der Waals surface area contributed by atoms with E-state index in [2.05, 4.69) is 25.6 Å². The summed E-state index contributed by atoms with van der Waals surface area (Å²) in [4.78, 5) is 11.6. The van der Waals surface area contributed by atoms with E-state index < -0.39 is 11.9 Å². The number of rotatable bonds is 7. The van der Waals surface area contributed by atoms with Gasteiger partial charge in [0.25, 0.3) is 0 Å². The minimum Gasteiger partial charge on any atom is -0.356 e. The molecular weight excluding hydrogens is 468 g/mol. The highest BCUT2D eigenvalue weighted by Crippen LogP contribution is 2.29. The number of alkyl halides is 3. The number of imidazole rings is 1. The first-order chi connectivity index (χ1) is 11.5. The molecular formula is C14H20F3IN6S. The summed E-state index contributed by atoms with van der Waals surface area (Å²) in [6, 6.07) is 0. The Balaban J connectivity index is 0.00000312. The Kier molecular flexibility index (Phi) is 9.17. The van der Waals surface area contributed by atoms with Crippen molar-refractivity contribution in [2.24, 2.45) is 4.99 Å². The van der Waals surface area contributed by atoms with Crippen LogP contribution < -0.4 is 10.6 Å².